The Kier molecular flexibility index (Phi) is 11.9. The maximum atomic E-state index is 13.6. The van der Waals surface area contributed by atoms with Crippen LogP contribution < -0.4 is 22.3 Å². The van der Waals surface area contributed by atoms with Gasteiger partial charge in [-0.1, -0.05) is 6.42 Å². The lowest BCUT2D eigenvalue weighted by Crippen LogP contribution is -2.51. The second-order valence-corrected chi connectivity index (χ2v) is 12.1. The normalized spacial score (nSPS) is 26.4. The minimum Gasteiger partial charge on any atom is -0.457 e. The van der Waals surface area contributed by atoms with Gasteiger partial charge in [0.25, 0.3) is 11.5 Å². The van der Waals surface area contributed by atoms with E-state index in [2.05, 4.69) is 5.32 Å². The van der Waals surface area contributed by atoms with E-state index in [1.807, 2.05) is 0 Å². The number of halogens is 2. The number of benzene rings is 1. The van der Waals surface area contributed by atoms with E-state index in [9.17, 15) is 43.0 Å². The summed E-state index contributed by atoms with van der Waals surface area (Å²) in [5, 5.41) is 24.1. The van der Waals surface area contributed by atoms with Gasteiger partial charge in [0, 0.05) is 37.5 Å². The summed E-state index contributed by atoms with van der Waals surface area (Å²) in [6.07, 6.45) is -7.98. The van der Waals surface area contributed by atoms with Crippen LogP contribution in [0.1, 0.15) is 57.9 Å². The third kappa shape index (κ3) is 8.45. The molecule has 2 aliphatic heterocycles. The van der Waals surface area contributed by atoms with E-state index in [1.165, 1.54) is 13.0 Å². The molecular formula is C32H38F2N4O13. The highest BCUT2D eigenvalue weighted by Crippen LogP contribution is 2.34. The smallest absolute Gasteiger partial charge is 0.457 e. The van der Waals surface area contributed by atoms with Gasteiger partial charge in [0.15, 0.2) is 36.0 Å². The van der Waals surface area contributed by atoms with Crippen LogP contribution >= 0.6 is 0 Å². The third-order valence-electron chi connectivity index (χ3n) is 8.65. The van der Waals surface area contributed by atoms with Crippen LogP contribution in [0.15, 0.2) is 51.9 Å². The van der Waals surface area contributed by atoms with Crippen molar-refractivity contribution in [2.75, 3.05) is 12.4 Å². The van der Waals surface area contributed by atoms with Crippen LogP contribution in [0.2, 0.25) is 0 Å². The molecular weight excluding hydrogens is 686 g/mol. The number of aliphatic hydroxyl groups is 2. The molecule has 2 amide bonds. The first-order chi connectivity index (χ1) is 24.3. The van der Waals surface area contributed by atoms with Crippen LogP contribution in [0.25, 0.3) is 0 Å². The first kappa shape index (κ1) is 37.6. The molecule has 5 rings (SSSR count). The fourth-order valence-corrected chi connectivity index (χ4v) is 6.07. The minimum absolute atomic E-state index is 0.105. The van der Waals surface area contributed by atoms with E-state index in [4.69, 9.17) is 34.2 Å². The molecule has 0 radical (unpaired) electrons. The summed E-state index contributed by atoms with van der Waals surface area (Å²) >= 11 is 0. The third-order valence-corrected chi connectivity index (χ3v) is 8.65. The zero-order valence-electron chi connectivity index (χ0n) is 27.5. The van der Waals surface area contributed by atoms with Crippen LogP contribution in [0, 0.1) is 11.6 Å². The monoisotopic (exact) mass is 724 g/mol. The maximum Gasteiger partial charge on any atom is 0.510 e. The van der Waals surface area contributed by atoms with Gasteiger partial charge in [-0.15, -0.1) is 0 Å². The predicted molar refractivity (Wildman–Crippen MR) is 167 cm³/mol. The highest BCUT2D eigenvalue weighted by atomic mass is 19.2. The Morgan fingerprint density at radius 1 is 1.08 bits per heavy atom. The van der Waals surface area contributed by atoms with Crippen LogP contribution in [0.3, 0.4) is 0 Å². The fourth-order valence-electron chi connectivity index (χ4n) is 6.07. The number of nitrogens with zero attached hydrogens (tertiary/aromatic N) is 2. The summed E-state index contributed by atoms with van der Waals surface area (Å²) in [7, 11) is 1.16. The number of hydrogen-bond donors (Lipinski definition) is 4. The summed E-state index contributed by atoms with van der Waals surface area (Å²) in [6, 6.07) is 3.61. The number of primary amides is 1. The molecule has 278 valence electrons. The lowest BCUT2D eigenvalue weighted by Gasteiger charge is -2.33. The van der Waals surface area contributed by atoms with Crippen LogP contribution in [0.5, 0.6) is 0 Å². The number of methoxy groups -OCH3 is 1. The summed E-state index contributed by atoms with van der Waals surface area (Å²) in [5.41, 5.74) is 3.61. The van der Waals surface area contributed by atoms with Crippen molar-refractivity contribution >= 4 is 23.7 Å². The van der Waals surface area contributed by atoms with Crippen LogP contribution in [-0.4, -0.2) is 87.3 Å². The summed E-state index contributed by atoms with van der Waals surface area (Å²) < 4.78 is 61.3. The van der Waals surface area contributed by atoms with E-state index < -0.39 is 95.9 Å². The average Bonchev–Trinajstić information content (AvgIpc) is 3.41. The Morgan fingerprint density at radius 3 is 2.47 bits per heavy atom. The van der Waals surface area contributed by atoms with E-state index in [0.29, 0.717) is 17.4 Å². The molecule has 3 heterocycles. The van der Waals surface area contributed by atoms with Crippen molar-refractivity contribution in [2.24, 2.45) is 5.73 Å². The molecule has 1 aromatic carbocycles. The molecule has 2 fully saturated rings. The molecule has 1 aliphatic carbocycles. The molecule has 0 spiro atoms. The van der Waals surface area contributed by atoms with Crippen molar-refractivity contribution in [3.63, 3.8) is 0 Å². The number of carbonyl (C=O) groups excluding carboxylic acids is 3. The first-order valence-corrected chi connectivity index (χ1v) is 16.1. The largest absolute Gasteiger partial charge is 0.510 e. The predicted octanol–water partition coefficient (Wildman–Crippen LogP) is 1.07. The molecule has 1 saturated heterocycles. The van der Waals surface area contributed by atoms with E-state index in [-0.39, 0.29) is 18.2 Å². The van der Waals surface area contributed by atoms with Gasteiger partial charge in [-0.2, -0.15) is 0 Å². The van der Waals surface area contributed by atoms with E-state index in [0.717, 1.165) is 61.4 Å². The molecule has 2 aromatic rings. The SMILES string of the molecule is CO[C@H]1[C@@H](O)[C@H](n2ccc(=O)n(C(C)OC(=O)OC3CCCCC3)c2=O)O[C@@H]1C(O[C@H]1OC(C(=O)Nc2ccc(F)c(F)c2)=CC[C@@H]1O)C(N)=O. The number of amides is 2. The van der Waals surface area contributed by atoms with Gasteiger partial charge >= 0.3 is 11.8 Å². The molecule has 1 saturated carbocycles. The van der Waals surface area contributed by atoms with Gasteiger partial charge in [-0.3, -0.25) is 19.0 Å². The van der Waals surface area contributed by atoms with E-state index in [1.54, 1.807) is 0 Å². The quantitative estimate of drug-likeness (QED) is 0.238. The van der Waals surface area contributed by atoms with Crippen molar-refractivity contribution < 1.29 is 61.8 Å². The summed E-state index contributed by atoms with van der Waals surface area (Å²) in [5.74, 6) is -4.85. The van der Waals surface area contributed by atoms with Gasteiger partial charge in [0.1, 0.15) is 30.5 Å². The number of rotatable bonds is 11. The Balaban J connectivity index is 1.31. The molecule has 2 unspecified atom stereocenters. The number of nitrogens with one attached hydrogen (secondary N) is 1. The molecule has 17 nitrogen and oxygen atoms in total. The standard InChI is InChI=1S/C32H38F2N4O13/c1-15(47-32(45)48-17-6-4-3-5-7-17)38-22(40)12-13-37(31(38)44)29-23(41)24(46-2)25(50-29)26(27(35)42)51-30-20(39)10-11-21(49-30)28(43)36-16-8-9-18(33)19(34)14-16/h8-9,11-15,17,20,23-26,29-30,39,41H,3-7,10H2,1-2H3,(H2,35,42)(H,36,43)/t15?,20-,23+,24-,25-,26?,29+,30+/m0/s1. The minimum atomic E-state index is -1.83. The average molecular weight is 725 g/mol. The van der Waals surface area contributed by atoms with E-state index >= 15 is 0 Å². The number of aliphatic hydroxyl groups excluding tert-OH is 2. The van der Waals surface area contributed by atoms with Crippen LogP contribution in [0.4, 0.5) is 19.3 Å². The highest BCUT2D eigenvalue weighted by molar-refractivity contribution is 6.02. The Hall–Kier alpha value is -4.69. The molecule has 5 N–H and O–H groups in total. The number of aromatic nitrogens is 2. The molecule has 1 aromatic heterocycles. The molecule has 51 heavy (non-hydrogen) atoms. The molecule has 3 aliphatic rings. The van der Waals surface area contributed by atoms with Crippen molar-refractivity contribution in [1.82, 2.24) is 9.13 Å². The van der Waals surface area contributed by atoms with Gasteiger partial charge in [0.2, 0.25) is 12.2 Å². The Bertz CT molecular complexity index is 1760. The molecule has 0 bridgehead atoms. The maximum absolute atomic E-state index is 13.6. The topological polar surface area (TPSA) is 229 Å². The molecule has 8 atom stereocenters. The van der Waals surface area contributed by atoms with Gasteiger partial charge in [-0.05, 0) is 50.8 Å². The number of hydrogen-bond acceptors (Lipinski definition) is 13. The lowest BCUT2D eigenvalue weighted by molar-refractivity contribution is -0.228. The fraction of sp³-hybridized carbons (Fsp3) is 0.531. The second kappa shape index (κ2) is 16.1. The number of carbonyl (C=O) groups is 3. The number of anilines is 1. The number of nitrogens with two attached hydrogens (primary N) is 1. The first-order valence-electron chi connectivity index (χ1n) is 16.1. The van der Waals surface area contributed by atoms with Crippen molar-refractivity contribution in [3.8, 4) is 0 Å². The zero-order valence-corrected chi connectivity index (χ0v) is 27.5. The van der Waals surface area contributed by atoms with Gasteiger partial charge in [-0.25, -0.2) is 22.9 Å². The van der Waals surface area contributed by atoms with Gasteiger partial charge < -0.3 is 49.7 Å². The number of ether oxygens (including phenoxy) is 6. The van der Waals surface area contributed by atoms with Crippen LogP contribution in [-0.2, 0) is 38.0 Å². The molecule has 19 heteroatoms. The zero-order chi connectivity index (χ0) is 37.0. The lowest BCUT2D eigenvalue weighted by atomic mass is 9.98. The van der Waals surface area contributed by atoms with Crippen molar-refractivity contribution in [1.29, 1.82) is 0 Å². The van der Waals surface area contributed by atoms with Crippen molar-refractivity contribution in [2.45, 2.75) is 101 Å². The Labute approximate surface area is 288 Å². The summed E-state index contributed by atoms with van der Waals surface area (Å²) in [6.45, 7) is 1.27. The Morgan fingerprint density at radius 2 is 1.80 bits per heavy atom. The summed E-state index contributed by atoms with van der Waals surface area (Å²) in [4.78, 5) is 64.3. The second-order valence-electron chi connectivity index (χ2n) is 12.1. The van der Waals surface area contributed by atoms with Crippen molar-refractivity contribution in [3.05, 3.63) is 74.8 Å². The highest BCUT2D eigenvalue weighted by Gasteiger charge is 2.52. The van der Waals surface area contributed by atoms with Gasteiger partial charge in [0.05, 0.1) is 0 Å².